The molecule has 1 aliphatic heterocycles. The van der Waals surface area contributed by atoms with E-state index in [4.69, 9.17) is 11.0 Å². The maximum absolute atomic E-state index is 11.4. The average Bonchev–Trinajstić information content (AvgIpc) is 2.74. The normalized spacial score (nSPS) is 14.7. The third-order valence-corrected chi connectivity index (χ3v) is 5.06. The number of anilines is 2. The maximum atomic E-state index is 11.4. The van der Waals surface area contributed by atoms with Gasteiger partial charge in [0.1, 0.15) is 17.3 Å². The zero-order valence-corrected chi connectivity index (χ0v) is 15.7. The molecule has 0 atom stereocenters. The molecule has 4 rings (SSSR count). The van der Waals surface area contributed by atoms with E-state index in [1.807, 2.05) is 35.2 Å². The van der Waals surface area contributed by atoms with Crippen molar-refractivity contribution in [1.29, 1.82) is 5.26 Å². The van der Waals surface area contributed by atoms with Crippen LogP contribution >= 0.6 is 0 Å². The minimum atomic E-state index is -0.436. The van der Waals surface area contributed by atoms with E-state index in [2.05, 4.69) is 14.9 Å². The van der Waals surface area contributed by atoms with Gasteiger partial charge < -0.3 is 10.6 Å². The van der Waals surface area contributed by atoms with Crippen LogP contribution in [0.4, 0.5) is 17.2 Å². The first-order valence-corrected chi connectivity index (χ1v) is 9.22. The van der Waals surface area contributed by atoms with Crippen LogP contribution in [0.2, 0.25) is 0 Å². The van der Waals surface area contributed by atoms with Gasteiger partial charge in [-0.3, -0.25) is 15.0 Å². The number of nitrogens with two attached hydrogens (primary N) is 1. The molecule has 29 heavy (non-hydrogen) atoms. The largest absolute Gasteiger partial charge is 0.383 e. The van der Waals surface area contributed by atoms with Gasteiger partial charge in [0.15, 0.2) is 0 Å². The van der Waals surface area contributed by atoms with Crippen molar-refractivity contribution in [3.8, 4) is 6.07 Å². The number of para-hydroxylation sites is 1. The first-order valence-electron chi connectivity index (χ1n) is 9.22. The lowest BCUT2D eigenvalue weighted by Crippen LogP contribution is -2.46. The summed E-state index contributed by atoms with van der Waals surface area (Å²) >= 11 is 0. The van der Waals surface area contributed by atoms with E-state index in [1.165, 1.54) is 6.07 Å². The number of piperazine rings is 1. The molecular formula is C20H19N7O2. The second kappa shape index (κ2) is 7.69. The number of rotatable bonds is 4. The molecule has 0 bridgehead atoms. The van der Waals surface area contributed by atoms with Gasteiger partial charge in [-0.25, -0.2) is 9.97 Å². The Morgan fingerprint density at radius 3 is 2.62 bits per heavy atom. The molecule has 9 heteroatoms. The number of nitrogen functional groups attached to an aromatic ring is 1. The lowest BCUT2D eigenvalue weighted by Gasteiger charge is -2.35. The van der Waals surface area contributed by atoms with Crippen LogP contribution in [0.3, 0.4) is 0 Å². The topological polar surface area (TPSA) is 125 Å². The van der Waals surface area contributed by atoms with Crippen LogP contribution in [-0.2, 0) is 6.54 Å². The number of nitro groups is 1. The first kappa shape index (κ1) is 18.6. The summed E-state index contributed by atoms with van der Waals surface area (Å²) < 4.78 is 0. The van der Waals surface area contributed by atoms with Gasteiger partial charge in [0.05, 0.1) is 28.6 Å². The highest BCUT2D eigenvalue weighted by molar-refractivity contribution is 5.87. The van der Waals surface area contributed by atoms with Crippen molar-refractivity contribution in [2.24, 2.45) is 0 Å². The Balaban J connectivity index is 1.47. The van der Waals surface area contributed by atoms with Crippen molar-refractivity contribution in [2.45, 2.75) is 6.54 Å². The highest BCUT2D eigenvalue weighted by atomic mass is 16.6. The molecule has 2 heterocycles. The summed E-state index contributed by atoms with van der Waals surface area (Å²) in [5.41, 5.74) is 7.67. The Labute approximate surface area is 167 Å². The fraction of sp³-hybridized carbons (Fsp3) is 0.250. The molecule has 0 amide bonds. The van der Waals surface area contributed by atoms with Gasteiger partial charge in [-0.15, -0.1) is 0 Å². The molecule has 0 aliphatic carbocycles. The van der Waals surface area contributed by atoms with Crippen molar-refractivity contribution < 1.29 is 4.92 Å². The monoisotopic (exact) mass is 389 g/mol. The number of hydrogen-bond acceptors (Lipinski definition) is 8. The van der Waals surface area contributed by atoms with Gasteiger partial charge in [0.25, 0.3) is 5.69 Å². The number of benzene rings is 2. The second-order valence-corrected chi connectivity index (χ2v) is 6.88. The number of nitriles is 1. The molecule has 2 aromatic carbocycles. The lowest BCUT2D eigenvalue weighted by molar-refractivity contribution is -0.384. The predicted octanol–water partition coefficient (Wildman–Crippen LogP) is 2.31. The summed E-state index contributed by atoms with van der Waals surface area (Å²) in [5, 5.41) is 21.2. The van der Waals surface area contributed by atoms with Crippen molar-refractivity contribution >= 4 is 28.1 Å². The van der Waals surface area contributed by atoms with E-state index in [0.29, 0.717) is 50.1 Å². The van der Waals surface area contributed by atoms with Crippen LogP contribution in [0, 0.1) is 21.4 Å². The molecule has 1 aliphatic rings. The maximum Gasteiger partial charge on any atom is 0.293 e. The minimum absolute atomic E-state index is 0.0388. The number of aromatic nitrogens is 2. The fourth-order valence-corrected chi connectivity index (χ4v) is 3.58. The van der Waals surface area contributed by atoms with E-state index in [0.717, 1.165) is 10.9 Å². The van der Waals surface area contributed by atoms with Crippen molar-refractivity contribution in [3.63, 3.8) is 0 Å². The van der Waals surface area contributed by atoms with Crippen LogP contribution in [0.1, 0.15) is 11.4 Å². The molecule has 0 saturated carbocycles. The lowest BCUT2D eigenvalue weighted by atomic mass is 10.1. The Morgan fingerprint density at radius 2 is 1.90 bits per heavy atom. The molecular weight excluding hydrogens is 370 g/mol. The number of hydrogen-bond donors (Lipinski definition) is 1. The average molecular weight is 389 g/mol. The Hall–Kier alpha value is -3.77. The van der Waals surface area contributed by atoms with Crippen molar-refractivity contribution in [3.05, 3.63) is 64.0 Å². The van der Waals surface area contributed by atoms with Crippen LogP contribution in [0.5, 0.6) is 0 Å². The molecule has 146 valence electrons. The Morgan fingerprint density at radius 1 is 1.14 bits per heavy atom. The minimum Gasteiger partial charge on any atom is -0.383 e. The smallest absolute Gasteiger partial charge is 0.293 e. The van der Waals surface area contributed by atoms with E-state index < -0.39 is 4.92 Å². The zero-order chi connectivity index (χ0) is 20.4. The van der Waals surface area contributed by atoms with Crippen molar-refractivity contribution in [2.75, 3.05) is 36.8 Å². The summed E-state index contributed by atoms with van der Waals surface area (Å²) in [6, 6.07) is 14.2. The molecule has 9 nitrogen and oxygen atoms in total. The molecule has 1 fully saturated rings. The molecule has 0 spiro atoms. The summed E-state index contributed by atoms with van der Waals surface area (Å²) in [7, 11) is 0. The van der Waals surface area contributed by atoms with Crippen LogP contribution in [0.15, 0.2) is 42.5 Å². The fourth-order valence-electron chi connectivity index (χ4n) is 3.58. The molecule has 1 aromatic heterocycles. The van der Waals surface area contributed by atoms with E-state index in [9.17, 15) is 10.1 Å². The number of nitro benzene ring substituents is 1. The molecule has 3 aromatic rings. The van der Waals surface area contributed by atoms with Gasteiger partial charge in [-0.1, -0.05) is 12.1 Å². The van der Waals surface area contributed by atoms with Crippen LogP contribution < -0.4 is 10.6 Å². The SMILES string of the molecule is N#Cc1ccc(N2CCN(Cc3nc(N)c4ccccc4n3)CC2)c([N+](=O)[O-])c1. The van der Waals surface area contributed by atoms with Gasteiger partial charge in [0, 0.05) is 37.6 Å². The van der Waals surface area contributed by atoms with E-state index >= 15 is 0 Å². The third-order valence-electron chi connectivity index (χ3n) is 5.06. The zero-order valence-electron chi connectivity index (χ0n) is 15.7. The molecule has 0 unspecified atom stereocenters. The first-order chi connectivity index (χ1) is 14.0. The summed E-state index contributed by atoms with van der Waals surface area (Å²) in [5.74, 6) is 1.14. The van der Waals surface area contributed by atoms with Crippen molar-refractivity contribution in [1.82, 2.24) is 14.9 Å². The highest BCUT2D eigenvalue weighted by Crippen LogP contribution is 2.30. The summed E-state index contributed by atoms with van der Waals surface area (Å²) in [6.45, 7) is 3.27. The molecule has 2 N–H and O–H groups in total. The summed E-state index contributed by atoms with van der Waals surface area (Å²) in [4.78, 5) is 24.2. The van der Waals surface area contributed by atoms with E-state index in [-0.39, 0.29) is 11.3 Å². The molecule has 1 saturated heterocycles. The standard InChI is InChI=1S/C20H19N7O2/c21-12-14-5-6-17(18(11-14)27(28)29)26-9-7-25(8-10-26)13-19-23-16-4-2-1-3-15(16)20(22)24-19/h1-6,11H,7-10,13H2,(H2,22,23,24). The Kier molecular flexibility index (Phi) is 4.93. The second-order valence-electron chi connectivity index (χ2n) is 6.88. The number of fused-ring (bicyclic) bond motifs is 1. The predicted molar refractivity (Wildman–Crippen MR) is 109 cm³/mol. The van der Waals surface area contributed by atoms with E-state index in [1.54, 1.807) is 12.1 Å². The summed E-state index contributed by atoms with van der Waals surface area (Å²) in [6.07, 6.45) is 0. The quantitative estimate of drug-likeness (QED) is 0.532. The highest BCUT2D eigenvalue weighted by Gasteiger charge is 2.24. The van der Waals surface area contributed by atoms with Gasteiger partial charge in [-0.2, -0.15) is 5.26 Å². The number of nitrogens with zero attached hydrogens (tertiary/aromatic N) is 6. The van der Waals surface area contributed by atoms with Crippen LogP contribution in [-0.4, -0.2) is 46.0 Å². The van der Waals surface area contributed by atoms with Gasteiger partial charge in [0.2, 0.25) is 0 Å². The van der Waals surface area contributed by atoms with Crippen LogP contribution in [0.25, 0.3) is 10.9 Å². The van der Waals surface area contributed by atoms with Gasteiger partial charge in [-0.05, 0) is 24.3 Å². The Bertz CT molecular complexity index is 1120. The van der Waals surface area contributed by atoms with Gasteiger partial charge >= 0.3 is 0 Å². The molecule has 0 radical (unpaired) electrons. The third kappa shape index (κ3) is 3.79.